The summed E-state index contributed by atoms with van der Waals surface area (Å²) in [5.41, 5.74) is 3.50. The molecule has 2 rings (SSSR count). The van der Waals surface area contributed by atoms with E-state index >= 15 is 0 Å². The molecule has 0 aliphatic heterocycles. The van der Waals surface area contributed by atoms with Gasteiger partial charge in [0.15, 0.2) is 0 Å². The number of carboxylic acids is 1. The predicted molar refractivity (Wildman–Crippen MR) is 122 cm³/mol. The molecule has 0 atom stereocenters. The Morgan fingerprint density at radius 3 is 1.84 bits per heavy atom. The summed E-state index contributed by atoms with van der Waals surface area (Å²) in [4.78, 5) is 20.9. The van der Waals surface area contributed by atoms with Crippen molar-refractivity contribution < 1.29 is 24.2 Å². The minimum Gasteiger partial charge on any atom is -0.481 e. The topological polar surface area (TPSA) is 72.8 Å². The van der Waals surface area contributed by atoms with Crippen LogP contribution in [0, 0.1) is 24.7 Å². The van der Waals surface area contributed by atoms with Crippen molar-refractivity contribution in [1.29, 1.82) is 0 Å². The number of aryl methyl sites for hydroxylation is 2. The largest absolute Gasteiger partial charge is 0.481 e. The smallest absolute Gasteiger partial charge is 0.328 e. The quantitative estimate of drug-likeness (QED) is 0.370. The average Bonchev–Trinajstić information content (AvgIpc) is 2.80. The second kappa shape index (κ2) is 14.1. The molecule has 0 amide bonds. The first kappa shape index (κ1) is 25.1. The van der Waals surface area contributed by atoms with Crippen molar-refractivity contribution in [3.05, 3.63) is 64.7 Å². The van der Waals surface area contributed by atoms with Crippen LogP contribution < -0.4 is 9.47 Å². The van der Waals surface area contributed by atoms with Crippen LogP contribution in [0.2, 0.25) is 0 Å². The molecule has 0 aromatic heterocycles. The molecule has 31 heavy (non-hydrogen) atoms. The van der Waals surface area contributed by atoms with Gasteiger partial charge in [0, 0.05) is 11.6 Å². The summed E-state index contributed by atoms with van der Waals surface area (Å²) in [6.45, 7) is 4.50. The zero-order chi connectivity index (χ0) is 23.1. The molecule has 0 spiro atoms. The number of carbonyl (C=O) groups excluding carboxylic acids is 1. The van der Waals surface area contributed by atoms with Gasteiger partial charge in [-0.1, -0.05) is 31.8 Å². The van der Waals surface area contributed by atoms with E-state index < -0.39 is 5.97 Å². The molecule has 1 N–H and O–H groups in total. The predicted octanol–water partition coefficient (Wildman–Crippen LogP) is 4.43. The highest BCUT2D eigenvalue weighted by Crippen LogP contribution is 2.22. The highest BCUT2D eigenvalue weighted by atomic mass is 16.5. The molecule has 2 aromatic carbocycles. The molecule has 0 aliphatic carbocycles. The van der Waals surface area contributed by atoms with Crippen LogP contribution in [0.15, 0.2) is 42.5 Å². The van der Waals surface area contributed by atoms with Crippen molar-refractivity contribution in [2.24, 2.45) is 0 Å². The molecule has 0 saturated heterocycles. The van der Waals surface area contributed by atoms with Gasteiger partial charge in [-0.05, 0) is 65.9 Å². The Kier molecular flexibility index (Phi) is 11.4. The molecular weight excluding hydrogens is 392 g/mol. The lowest BCUT2D eigenvalue weighted by Gasteiger charge is -2.08. The molecule has 2 aromatic rings. The van der Waals surface area contributed by atoms with Crippen LogP contribution in [0.3, 0.4) is 0 Å². The second-order valence-electron chi connectivity index (χ2n) is 6.22. The fourth-order valence-electron chi connectivity index (χ4n) is 2.62. The van der Waals surface area contributed by atoms with Gasteiger partial charge in [0.2, 0.25) is 0 Å². The van der Waals surface area contributed by atoms with Crippen LogP contribution in [0.4, 0.5) is 0 Å². The minimum atomic E-state index is -0.962. The SMILES string of the molecule is C#CCOc1ccc(/C=C/C(=O)O)cc1CC.C#CCOc1ccc(C=O)cc1CC. The van der Waals surface area contributed by atoms with Gasteiger partial charge in [-0.25, -0.2) is 4.79 Å². The summed E-state index contributed by atoms with van der Waals surface area (Å²) >= 11 is 0. The maximum Gasteiger partial charge on any atom is 0.328 e. The zero-order valence-corrected chi connectivity index (χ0v) is 17.8. The van der Waals surface area contributed by atoms with E-state index in [-0.39, 0.29) is 13.2 Å². The molecule has 160 valence electrons. The number of rotatable bonds is 9. The highest BCUT2D eigenvalue weighted by Gasteiger charge is 2.03. The molecular formula is C26H26O5. The fourth-order valence-corrected chi connectivity index (χ4v) is 2.62. The summed E-state index contributed by atoms with van der Waals surface area (Å²) < 4.78 is 10.7. The van der Waals surface area contributed by atoms with Crippen molar-refractivity contribution >= 4 is 18.3 Å². The third-order valence-electron chi connectivity index (χ3n) is 4.11. The van der Waals surface area contributed by atoms with Gasteiger partial charge in [0.25, 0.3) is 0 Å². The standard InChI is InChI=1S/C14H14O3.C12H12O2/c1-3-9-17-13-7-5-11(6-8-14(15)16)10-12(13)4-2;1-3-7-14-12-6-5-10(9-13)8-11(12)4-2/h1,5-8,10H,4,9H2,2H3,(H,15,16);1,5-6,8-9H,4,7H2,2H3/b8-6+;. The first-order chi connectivity index (χ1) is 15.0. The number of benzene rings is 2. The summed E-state index contributed by atoms with van der Waals surface area (Å²) in [5, 5.41) is 8.54. The first-order valence-electron chi connectivity index (χ1n) is 9.73. The van der Waals surface area contributed by atoms with E-state index in [2.05, 4.69) is 11.8 Å². The van der Waals surface area contributed by atoms with Crippen LogP contribution >= 0.6 is 0 Å². The van der Waals surface area contributed by atoms with Crippen LogP contribution in [-0.2, 0) is 17.6 Å². The van der Waals surface area contributed by atoms with Crippen LogP contribution in [0.25, 0.3) is 6.08 Å². The zero-order valence-electron chi connectivity index (χ0n) is 17.8. The molecule has 0 saturated carbocycles. The fraction of sp³-hybridized carbons (Fsp3) is 0.231. The second-order valence-corrected chi connectivity index (χ2v) is 6.22. The third kappa shape index (κ3) is 8.94. The number of carboxylic acid groups (broad SMARTS) is 1. The summed E-state index contributed by atoms with van der Waals surface area (Å²) in [5.74, 6) is 5.36. The number of aldehydes is 1. The number of hydrogen-bond donors (Lipinski definition) is 1. The number of aliphatic carboxylic acids is 1. The number of hydrogen-bond acceptors (Lipinski definition) is 4. The first-order valence-corrected chi connectivity index (χ1v) is 9.73. The number of carbonyl (C=O) groups is 2. The monoisotopic (exact) mass is 418 g/mol. The van der Waals surface area contributed by atoms with Crippen molar-refractivity contribution in [2.75, 3.05) is 13.2 Å². The molecule has 0 aliphatic rings. The van der Waals surface area contributed by atoms with Crippen LogP contribution in [0.5, 0.6) is 11.5 Å². The maximum absolute atomic E-state index is 10.5. The van der Waals surface area contributed by atoms with E-state index in [1.54, 1.807) is 30.3 Å². The molecule has 0 heterocycles. The van der Waals surface area contributed by atoms with Crippen molar-refractivity contribution in [1.82, 2.24) is 0 Å². The maximum atomic E-state index is 10.5. The lowest BCUT2D eigenvalue weighted by Crippen LogP contribution is -1.98. The summed E-state index contributed by atoms with van der Waals surface area (Å²) in [7, 11) is 0. The Morgan fingerprint density at radius 1 is 0.935 bits per heavy atom. The normalized spacial score (nSPS) is 9.68. The van der Waals surface area contributed by atoms with Gasteiger partial charge in [0.05, 0.1) is 0 Å². The highest BCUT2D eigenvalue weighted by molar-refractivity contribution is 5.85. The Labute approximate surface area is 183 Å². The van der Waals surface area contributed by atoms with Gasteiger partial charge in [-0.2, -0.15) is 0 Å². The van der Waals surface area contributed by atoms with Crippen LogP contribution in [0.1, 0.15) is 40.9 Å². The Balaban J connectivity index is 0.000000316. The molecule has 5 nitrogen and oxygen atoms in total. The van der Waals surface area contributed by atoms with Crippen molar-refractivity contribution in [2.45, 2.75) is 26.7 Å². The van der Waals surface area contributed by atoms with E-state index in [1.807, 2.05) is 26.0 Å². The number of terminal acetylenes is 2. The van der Waals surface area contributed by atoms with Gasteiger partial charge < -0.3 is 14.6 Å². The molecule has 5 heteroatoms. The molecule has 0 unspecified atom stereocenters. The lowest BCUT2D eigenvalue weighted by molar-refractivity contribution is -0.131. The lowest BCUT2D eigenvalue weighted by atomic mass is 10.1. The van der Waals surface area contributed by atoms with E-state index in [4.69, 9.17) is 27.4 Å². The van der Waals surface area contributed by atoms with Gasteiger partial charge >= 0.3 is 5.97 Å². The van der Waals surface area contributed by atoms with E-state index in [9.17, 15) is 9.59 Å². The third-order valence-corrected chi connectivity index (χ3v) is 4.11. The molecule has 0 fully saturated rings. The molecule has 0 radical (unpaired) electrons. The van der Waals surface area contributed by atoms with E-state index in [0.29, 0.717) is 5.56 Å². The minimum absolute atomic E-state index is 0.233. The number of ether oxygens (including phenoxy) is 2. The summed E-state index contributed by atoms with van der Waals surface area (Å²) in [6, 6.07) is 10.8. The van der Waals surface area contributed by atoms with E-state index in [0.717, 1.165) is 53.4 Å². The summed E-state index contributed by atoms with van der Waals surface area (Å²) in [6.07, 6.45) is 15.3. The van der Waals surface area contributed by atoms with Crippen LogP contribution in [-0.4, -0.2) is 30.6 Å². The van der Waals surface area contributed by atoms with Crippen molar-refractivity contribution in [3.8, 4) is 36.2 Å². The van der Waals surface area contributed by atoms with Gasteiger partial charge in [-0.15, -0.1) is 12.8 Å². The Hall–Kier alpha value is -3.96. The average molecular weight is 418 g/mol. The van der Waals surface area contributed by atoms with Gasteiger partial charge in [0.1, 0.15) is 31.0 Å². The van der Waals surface area contributed by atoms with Gasteiger partial charge in [-0.3, -0.25) is 4.79 Å². The molecule has 0 bridgehead atoms. The van der Waals surface area contributed by atoms with E-state index in [1.165, 1.54) is 0 Å². The Morgan fingerprint density at radius 2 is 1.42 bits per heavy atom. The Bertz CT molecular complexity index is 990. The van der Waals surface area contributed by atoms with Crippen molar-refractivity contribution in [3.63, 3.8) is 0 Å².